The summed E-state index contributed by atoms with van der Waals surface area (Å²) < 4.78 is 23.7. The zero-order valence-corrected chi connectivity index (χ0v) is 30.2. The SMILES string of the molecule is COC(=O)c1ccc2cccc(CC[C@@H](OC(=O)[C@@H](OC)c3ccccc3)[C@H](COC(c3ccccc3)(c3ccccc3)c3ccccc3)C(=O)O)c2c1. The number of rotatable bonds is 16. The monoisotopic (exact) mass is 722 g/mol. The Balaban J connectivity index is 1.40. The van der Waals surface area contributed by atoms with E-state index in [4.69, 9.17) is 18.9 Å². The van der Waals surface area contributed by atoms with E-state index in [1.807, 2.05) is 121 Å². The number of ether oxygens (including phenoxy) is 4. The van der Waals surface area contributed by atoms with Crippen molar-refractivity contribution in [1.82, 2.24) is 0 Å². The van der Waals surface area contributed by atoms with Gasteiger partial charge < -0.3 is 24.1 Å². The molecule has 8 nitrogen and oxygen atoms in total. The number of aliphatic carboxylic acids is 1. The summed E-state index contributed by atoms with van der Waals surface area (Å²) in [5.41, 5.74) is 3.03. The zero-order valence-electron chi connectivity index (χ0n) is 30.2. The molecule has 0 amide bonds. The van der Waals surface area contributed by atoms with Crippen molar-refractivity contribution in [2.45, 2.75) is 30.7 Å². The van der Waals surface area contributed by atoms with E-state index in [1.165, 1.54) is 14.2 Å². The Bertz CT molecular complexity index is 2060. The number of benzene rings is 6. The van der Waals surface area contributed by atoms with Crippen LogP contribution in [-0.2, 0) is 40.6 Å². The quantitative estimate of drug-likeness (QED) is 0.0782. The van der Waals surface area contributed by atoms with Crippen molar-refractivity contribution in [3.05, 3.63) is 191 Å². The van der Waals surface area contributed by atoms with Crippen molar-refractivity contribution in [2.24, 2.45) is 5.92 Å². The molecule has 0 saturated carbocycles. The molecule has 54 heavy (non-hydrogen) atoms. The van der Waals surface area contributed by atoms with Gasteiger partial charge in [0.2, 0.25) is 0 Å². The van der Waals surface area contributed by atoms with Gasteiger partial charge in [-0.15, -0.1) is 0 Å². The molecule has 3 atom stereocenters. The number of hydrogen-bond acceptors (Lipinski definition) is 7. The Hall–Kier alpha value is -6.09. The molecule has 0 unspecified atom stereocenters. The summed E-state index contributed by atoms with van der Waals surface area (Å²) in [7, 11) is 2.74. The van der Waals surface area contributed by atoms with Crippen molar-refractivity contribution in [1.29, 1.82) is 0 Å². The third-order valence-corrected chi connectivity index (χ3v) is 9.70. The molecule has 0 bridgehead atoms. The van der Waals surface area contributed by atoms with E-state index in [0.29, 0.717) is 17.5 Å². The molecule has 0 radical (unpaired) electrons. The van der Waals surface area contributed by atoms with E-state index in [0.717, 1.165) is 33.0 Å². The van der Waals surface area contributed by atoms with Crippen molar-refractivity contribution in [2.75, 3.05) is 20.8 Å². The molecule has 1 N–H and O–H groups in total. The number of carboxylic acid groups (broad SMARTS) is 1. The predicted octanol–water partition coefficient (Wildman–Crippen LogP) is 8.57. The Morgan fingerprint density at radius 3 is 1.74 bits per heavy atom. The Kier molecular flexibility index (Phi) is 12.3. The zero-order chi connectivity index (χ0) is 37.9. The van der Waals surface area contributed by atoms with Gasteiger partial charge in [-0.05, 0) is 63.6 Å². The van der Waals surface area contributed by atoms with Crippen LogP contribution in [0.5, 0.6) is 0 Å². The number of carbonyl (C=O) groups is 3. The van der Waals surface area contributed by atoms with Gasteiger partial charge in [0.15, 0.2) is 6.10 Å². The van der Waals surface area contributed by atoms with Gasteiger partial charge in [-0.2, -0.15) is 0 Å². The average Bonchev–Trinajstić information content (AvgIpc) is 3.22. The lowest BCUT2D eigenvalue weighted by molar-refractivity contribution is -0.172. The maximum absolute atomic E-state index is 13.9. The number of fused-ring (bicyclic) bond motifs is 1. The standard InChI is InChI=1S/C46H42O8/c1-51-42(34-16-7-3-8-17-34)45(50)54-41(29-28-33-19-15-18-32-26-27-35(30-39(32)33)44(49)52-2)40(43(47)48)31-53-46(36-20-9-4-10-21-36,37-22-11-5-12-23-37)38-24-13-6-14-25-38/h3-27,30,40-42H,28-29,31H2,1-2H3,(H,47,48)/t40-,41+,42-/m0/s1. The van der Waals surface area contributed by atoms with E-state index < -0.39 is 41.6 Å². The molecule has 0 fully saturated rings. The first-order chi connectivity index (χ1) is 26.3. The minimum atomic E-state index is -1.29. The molecule has 6 aromatic rings. The van der Waals surface area contributed by atoms with Crippen molar-refractivity contribution in [3.63, 3.8) is 0 Å². The van der Waals surface area contributed by atoms with Gasteiger partial charge in [-0.3, -0.25) is 4.79 Å². The second-order valence-corrected chi connectivity index (χ2v) is 12.9. The highest BCUT2D eigenvalue weighted by molar-refractivity contribution is 5.96. The predicted molar refractivity (Wildman–Crippen MR) is 206 cm³/mol. The van der Waals surface area contributed by atoms with Gasteiger partial charge in [0.1, 0.15) is 17.6 Å². The molecule has 274 valence electrons. The van der Waals surface area contributed by atoms with Crippen molar-refractivity contribution in [3.8, 4) is 0 Å². The van der Waals surface area contributed by atoms with E-state index in [1.54, 1.807) is 36.4 Å². The third kappa shape index (κ3) is 8.26. The Morgan fingerprint density at radius 2 is 1.22 bits per heavy atom. The second-order valence-electron chi connectivity index (χ2n) is 12.9. The largest absolute Gasteiger partial charge is 0.481 e. The molecule has 0 aromatic heterocycles. The summed E-state index contributed by atoms with van der Waals surface area (Å²) in [5, 5.41) is 12.6. The molecule has 0 aliphatic carbocycles. The minimum Gasteiger partial charge on any atom is -0.481 e. The van der Waals surface area contributed by atoms with Crippen LogP contribution in [0.4, 0.5) is 0 Å². The summed E-state index contributed by atoms with van der Waals surface area (Å²) >= 11 is 0. The molecule has 0 saturated heterocycles. The first kappa shape index (κ1) is 37.7. The van der Waals surface area contributed by atoms with Crippen LogP contribution in [0.25, 0.3) is 10.8 Å². The average molecular weight is 723 g/mol. The highest BCUT2D eigenvalue weighted by atomic mass is 16.6. The fourth-order valence-electron chi connectivity index (χ4n) is 6.97. The third-order valence-electron chi connectivity index (χ3n) is 9.70. The lowest BCUT2D eigenvalue weighted by atomic mass is 9.80. The van der Waals surface area contributed by atoms with Gasteiger partial charge in [-0.1, -0.05) is 146 Å². The van der Waals surface area contributed by atoms with Crippen LogP contribution in [0, 0.1) is 5.92 Å². The van der Waals surface area contributed by atoms with Crippen LogP contribution in [0.1, 0.15) is 50.7 Å². The number of methoxy groups -OCH3 is 2. The van der Waals surface area contributed by atoms with Crippen LogP contribution < -0.4 is 0 Å². The molecular formula is C46H42O8. The van der Waals surface area contributed by atoms with Gasteiger partial charge in [0, 0.05) is 7.11 Å². The maximum Gasteiger partial charge on any atom is 0.340 e. The molecule has 0 aliphatic heterocycles. The minimum absolute atomic E-state index is 0.133. The first-order valence-electron chi connectivity index (χ1n) is 17.8. The smallest absolute Gasteiger partial charge is 0.340 e. The van der Waals surface area contributed by atoms with Gasteiger partial charge in [0.05, 0.1) is 19.3 Å². The van der Waals surface area contributed by atoms with E-state index in [-0.39, 0.29) is 13.0 Å². The Morgan fingerprint density at radius 1 is 0.667 bits per heavy atom. The van der Waals surface area contributed by atoms with E-state index in [2.05, 4.69) is 0 Å². The van der Waals surface area contributed by atoms with Gasteiger partial charge >= 0.3 is 17.9 Å². The van der Waals surface area contributed by atoms with Crippen LogP contribution >= 0.6 is 0 Å². The summed E-state index contributed by atoms with van der Waals surface area (Å²) in [6, 6.07) is 49.0. The lowest BCUT2D eigenvalue weighted by Gasteiger charge is -2.37. The molecule has 0 heterocycles. The fourth-order valence-corrected chi connectivity index (χ4v) is 6.97. The number of hydrogen-bond donors (Lipinski definition) is 1. The van der Waals surface area contributed by atoms with Crippen molar-refractivity contribution < 1.29 is 38.4 Å². The van der Waals surface area contributed by atoms with E-state index >= 15 is 0 Å². The highest BCUT2D eigenvalue weighted by Crippen LogP contribution is 2.41. The normalized spacial score (nSPS) is 13.1. The molecule has 0 aliphatic rings. The maximum atomic E-state index is 13.9. The molecular weight excluding hydrogens is 680 g/mol. The van der Waals surface area contributed by atoms with Gasteiger partial charge in [-0.25, -0.2) is 9.59 Å². The summed E-state index contributed by atoms with van der Waals surface area (Å²) in [5.74, 6) is -3.66. The van der Waals surface area contributed by atoms with Crippen LogP contribution in [0.2, 0.25) is 0 Å². The van der Waals surface area contributed by atoms with E-state index in [9.17, 15) is 19.5 Å². The summed E-state index contributed by atoms with van der Waals surface area (Å²) in [6.07, 6.45) is -1.77. The van der Waals surface area contributed by atoms with Gasteiger partial charge in [0.25, 0.3) is 0 Å². The molecule has 6 aromatic carbocycles. The second kappa shape index (κ2) is 17.6. The molecule has 6 rings (SSSR count). The topological polar surface area (TPSA) is 108 Å². The number of carboxylic acids is 1. The fraction of sp³-hybridized carbons (Fsp3) is 0.196. The number of esters is 2. The van der Waals surface area contributed by atoms with Crippen LogP contribution in [0.15, 0.2) is 158 Å². The summed E-state index contributed by atoms with van der Waals surface area (Å²) in [6.45, 7) is -0.309. The molecule has 0 spiro atoms. The molecule has 8 heteroatoms. The first-order valence-corrected chi connectivity index (χ1v) is 17.8. The number of carbonyl (C=O) groups excluding carboxylic acids is 2. The van der Waals surface area contributed by atoms with Crippen molar-refractivity contribution >= 4 is 28.7 Å². The van der Waals surface area contributed by atoms with Crippen LogP contribution in [-0.4, -0.2) is 49.9 Å². The summed E-state index contributed by atoms with van der Waals surface area (Å²) in [4.78, 5) is 39.7. The van der Waals surface area contributed by atoms with Crippen LogP contribution in [0.3, 0.4) is 0 Å². The Labute approximate surface area is 314 Å². The number of aryl methyl sites for hydroxylation is 1. The highest BCUT2D eigenvalue weighted by Gasteiger charge is 2.41. The lowest BCUT2D eigenvalue weighted by Crippen LogP contribution is -2.41.